The van der Waals surface area contributed by atoms with Gasteiger partial charge in [-0.2, -0.15) is 0 Å². The summed E-state index contributed by atoms with van der Waals surface area (Å²) in [6.07, 6.45) is 0.890. The van der Waals surface area contributed by atoms with Gasteiger partial charge in [0.1, 0.15) is 0 Å². The van der Waals surface area contributed by atoms with Crippen molar-refractivity contribution in [2.45, 2.75) is 13.5 Å². The molecule has 0 radical (unpaired) electrons. The van der Waals surface area contributed by atoms with Crippen LogP contribution in [0.2, 0.25) is 0 Å². The van der Waals surface area contributed by atoms with Gasteiger partial charge in [-0.1, -0.05) is 18.2 Å². The molecule has 1 heterocycles. The Hall–Kier alpha value is -1.61. The van der Waals surface area contributed by atoms with Gasteiger partial charge in [-0.25, -0.2) is 0 Å². The topological polar surface area (TPSA) is 22.0 Å². The maximum absolute atomic E-state index is 11.0. The monoisotopic (exact) mass is 301 g/mol. The van der Waals surface area contributed by atoms with Crippen LogP contribution in [0.1, 0.15) is 17.3 Å². The molecule has 0 amide bonds. The number of fused-ring (bicyclic) bond motifs is 3. The van der Waals surface area contributed by atoms with Crippen molar-refractivity contribution in [3.8, 4) is 0 Å². The Morgan fingerprint density at radius 1 is 1.17 bits per heavy atom. The molecular formula is C15H12BrNO. The average molecular weight is 302 g/mol. The Balaban J connectivity index is 2.56. The molecular weight excluding hydrogens is 290 g/mol. The summed E-state index contributed by atoms with van der Waals surface area (Å²) in [6.45, 7) is 3.05. The first-order chi connectivity index (χ1) is 8.76. The molecule has 0 N–H and O–H groups in total. The molecule has 3 aromatic rings. The summed E-state index contributed by atoms with van der Waals surface area (Å²) in [5.74, 6) is 0. The van der Waals surface area contributed by atoms with Gasteiger partial charge >= 0.3 is 0 Å². The van der Waals surface area contributed by atoms with Crippen LogP contribution in [0.4, 0.5) is 0 Å². The van der Waals surface area contributed by atoms with Crippen molar-refractivity contribution in [1.29, 1.82) is 0 Å². The zero-order chi connectivity index (χ0) is 12.7. The van der Waals surface area contributed by atoms with E-state index in [1.165, 1.54) is 10.9 Å². The highest BCUT2D eigenvalue weighted by Crippen LogP contribution is 2.32. The van der Waals surface area contributed by atoms with E-state index < -0.39 is 0 Å². The highest BCUT2D eigenvalue weighted by atomic mass is 79.9. The molecule has 2 aromatic carbocycles. The Labute approximate surface area is 113 Å². The van der Waals surface area contributed by atoms with Crippen molar-refractivity contribution in [3.63, 3.8) is 0 Å². The SMILES string of the molecule is CCn1c2ccccc2c2cc(C=O)c(Br)cc21. The Morgan fingerprint density at radius 2 is 1.94 bits per heavy atom. The lowest BCUT2D eigenvalue weighted by Gasteiger charge is -2.03. The number of nitrogens with zero attached hydrogens (tertiary/aromatic N) is 1. The van der Waals surface area contributed by atoms with Crippen molar-refractivity contribution in [2.75, 3.05) is 0 Å². The number of halogens is 1. The fourth-order valence-electron chi connectivity index (χ4n) is 2.52. The van der Waals surface area contributed by atoms with Crippen molar-refractivity contribution >= 4 is 44.0 Å². The number of aldehydes is 1. The molecule has 0 saturated heterocycles. The number of rotatable bonds is 2. The number of benzene rings is 2. The van der Waals surface area contributed by atoms with E-state index in [0.717, 1.165) is 28.2 Å². The van der Waals surface area contributed by atoms with Crippen LogP contribution in [0.25, 0.3) is 21.8 Å². The third-order valence-corrected chi connectivity index (χ3v) is 4.02. The molecule has 0 bridgehead atoms. The molecule has 2 nitrogen and oxygen atoms in total. The zero-order valence-electron chi connectivity index (χ0n) is 9.98. The maximum atomic E-state index is 11.0. The van der Waals surface area contributed by atoms with E-state index >= 15 is 0 Å². The summed E-state index contributed by atoms with van der Waals surface area (Å²) in [4.78, 5) is 11.0. The zero-order valence-corrected chi connectivity index (χ0v) is 11.6. The molecule has 0 aliphatic rings. The molecule has 18 heavy (non-hydrogen) atoms. The number of aryl methyl sites for hydroxylation is 1. The van der Waals surface area contributed by atoms with Gasteiger partial charge in [-0.3, -0.25) is 4.79 Å². The van der Waals surface area contributed by atoms with E-state index in [0.29, 0.717) is 5.56 Å². The van der Waals surface area contributed by atoms with Gasteiger partial charge < -0.3 is 4.57 Å². The number of carbonyl (C=O) groups excluding carboxylic acids is 1. The van der Waals surface area contributed by atoms with E-state index in [1.54, 1.807) is 0 Å². The normalized spacial score (nSPS) is 11.2. The second-order valence-electron chi connectivity index (χ2n) is 4.27. The Kier molecular flexibility index (Phi) is 2.71. The lowest BCUT2D eigenvalue weighted by molar-refractivity contribution is 0.112. The van der Waals surface area contributed by atoms with Crippen molar-refractivity contribution in [1.82, 2.24) is 4.57 Å². The van der Waals surface area contributed by atoms with Gasteiger partial charge in [-0.15, -0.1) is 0 Å². The molecule has 0 aliphatic heterocycles. The second-order valence-corrected chi connectivity index (χ2v) is 5.12. The molecule has 0 atom stereocenters. The molecule has 1 aromatic heterocycles. The summed E-state index contributed by atoms with van der Waals surface area (Å²) in [5.41, 5.74) is 3.07. The van der Waals surface area contributed by atoms with E-state index in [1.807, 2.05) is 24.3 Å². The predicted molar refractivity (Wildman–Crippen MR) is 78.2 cm³/mol. The minimum Gasteiger partial charge on any atom is -0.341 e. The fraction of sp³-hybridized carbons (Fsp3) is 0.133. The Morgan fingerprint density at radius 3 is 2.67 bits per heavy atom. The number of carbonyl (C=O) groups is 1. The smallest absolute Gasteiger partial charge is 0.151 e. The molecule has 3 rings (SSSR count). The van der Waals surface area contributed by atoms with Gasteiger partial charge in [0.25, 0.3) is 0 Å². The predicted octanol–water partition coefficient (Wildman–Crippen LogP) is 4.39. The summed E-state index contributed by atoms with van der Waals surface area (Å²) < 4.78 is 3.12. The lowest BCUT2D eigenvalue weighted by atomic mass is 10.1. The maximum Gasteiger partial charge on any atom is 0.151 e. The average Bonchev–Trinajstić information content (AvgIpc) is 2.70. The minimum absolute atomic E-state index is 0.696. The number of hydrogen-bond acceptors (Lipinski definition) is 1. The molecule has 0 fully saturated rings. The van der Waals surface area contributed by atoms with Gasteiger partial charge in [0.2, 0.25) is 0 Å². The van der Waals surface area contributed by atoms with Gasteiger partial charge in [-0.05, 0) is 41.1 Å². The van der Waals surface area contributed by atoms with Crippen LogP contribution in [-0.4, -0.2) is 10.9 Å². The van der Waals surface area contributed by atoms with Gasteiger partial charge in [0, 0.05) is 32.9 Å². The first-order valence-corrected chi connectivity index (χ1v) is 6.71. The number of hydrogen-bond donors (Lipinski definition) is 0. The summed E-state index contributed by atoms with van der Waals surface area (Å²) in [5, 5.41) is 2.34. The second kappa shape index (κ2) is 4.25. The van der Waals surface area contributed by atoms with Crippen LogP contribution in [0.5, 0.6) is 0 Å². The van der Waals surface area contributed by atoms with Crippen LogP contribution in [-0.2, 0) is 6.54 Å². The summed E-state index contributed by atoms with van der Waals surface area (Å²) in [7, 11) is 0. The van der Waals surface area contributed by atoms with E-state index in [-0.39, 0.29) is 0 Å². The highest BCUT2D eigenvalue weighted by Gasteiger charge is 2.11. The van der Waals surface area contributed by atoms with Crippen molar-refractivity contribution < 1.29 is 4.79 Å². The van der Waals surface area contributed by atoms with E-state index in [4.69, 9.17) is 0 Å². The standard InChI is InChI=1S/C15H12BrNO/c1-2-17-14-6-4-3-5-11(14)12-7-10(9-18)13(16)8-15(12)17/h3-9H,2H2,1H3. The lowest BCUT2D eigenvalue weighted by Crippen LogP contribution is -1.93. The first kappa shape index (κ1) is 11.5. The quantitative estimate of drug-likeness (QED) is 0.644. The third kappa shape index (κ3) is 1.51. The molecule has 0 aliphatic carbocycles. The first-order valence-electron chi connectivity index (χ1n) is 5.92. The van der Waals surface area contributed by atoms with Crippen LogP contribution in [0.3, 0.4) is 0 Å². The number of para-hydroxylation sites is 1. The summed E-state index contributed by atoms with van der Waals surface area (Å²) in [6, 6.07) is 12.3. The third-order valence-electron chi connectivity index (χ3n) is 3.33. The number of aromatic nitrogens is 1. The molecule has 0 spiro atoms. The van der Waals surface area contributed by atoms with Crippen molar-refractivity contribution in [2.24, 2.45) is 0 Å². The molecule has 90 valence electrons. The largest absolute Gasteiger partial charge is 0.341 e. The van der Waals surface area contributed by atoms with Gasteiger partial charge in [0.15, 0.2) is 6.29 Å². The molecule has 3 heteroatoms. The Bertz CT molecular complexity index is 758. The van der Waals surface area contributed by atoms with Crippen LogP contribution in [0.15, 0.2) is 40.9 Å². The van der Waals surface area contributed by atoms with Crippen LogP contribution in [0, 0.1) is 0 Å². The van der Waals surface area contributed by atoms with Crippen LogP contribution < -0.4 is 0 Å². The molecule has 0 saturated carbocycles. The van der Waals surface area contributed by atoms with Crippen molar-refractivity contribution in [3.05, 3.63) is 46.4 Å². The van der Waals surface area contributed by atoms with E-state index in [2.05, 4.69) is 39.6 Å². The van der Waals surface area contributed by atoms with Gasteiger partial charge in [0.05, 0.1) is 5.52 Å². The highest BCUT2D eigenvalue weighted by molar-refractivity contribution is 9.10. The van der Waals surface area contributed by atoms with E-state index in [9.17, 15) is 4.79 Å². The fourth-order valence-corrected chi connectivity index (χ4v) is 2.94. The minimum atomic E-state index is 0.696. The summed E-state index contributed by atoms with van der Waals surface area (Å²) >= 11 is 3.45. The molecule has 0 unspecified atom stereocenters. The van der Waals surface area contributed by atoms with Crippen LogP contribution >= 0.6 is 15.9 Å².